The van der Waals surface area contributed by atoms with E-state index in [9.17, 15) is 4.79 Å². The maximum absolute atomic E-state index is 10.7. The molecular weight excluding hydrogens is 299 g/mol. The number of nitrogens with two attached hydrogens (primary N) is 1. The van der Waals surface area contributed by atoms with E-state index in [1.54, 1.807) is 0 Å². The van der Waals surface area contributed by atoms with E-state index in [4.69, 9.17) is 34.0 Å². The molecule has 0 aromatic heterocycles. The van der Waals surface area contributed by atoms with E-state index in [1.165, 1.54) is 0 Å². The van der Waals surface area contributed by atoms with Crippen LogP contribution in [0.4, 0.5) is 5.69 Å². The van der Waals surface area contributed by atoms with E-state index in [1.807, 2.05) is 24.3 Å². The van der Waals surface area contributed by atoms with Gasteiger partial charge in [0.25, 0.3) is 0 Å². The van der Waals surface area contributed by atoms with Crippen LogP contribution in [0.15, 0.2) is 24.3 Å². The second-order valence-corrected chi connectivity index (χ2v) is 5.79. The van der Waals surface area contributed by atoms with E-state index in [0.717, 1.165) is 24.3 Å². The summed E-state index contributed by atoms with van der Waals surface area (Å²) in [7, 11) is 2.09. The summed E-state index contributed by atoms with van der Waals surface area (Å²) in [5.74, 6) is 0.122. The molecule has 0 heterocycles. The molecule has 4 nitrogen and oxygen atoms in total. The Morgan fingerprint density at radius 1 is 1.25 bits per heavy atom. The summed E-state index contributed by atoms with van der Waals surface area (Å²) < 4.78 is 0.665. The number of benzene rings is 1. The lowest BCUT2D eigenvalue weighted by Gasteiger charge is -2.33. The topological polar surface area (TPSA) is 63.3 Å². The normalized spacial score (nSPS) is 13.2. The fourth-order valence-corrected chi connectivity index (χ4v) is 2.82. The molecule has 1 aromatic carbocycles. The highest BCUT2D eigenvalue weighted by Gasteiger charge is 2.23. The number of rotatable bonds is 8. The predicted octanol–water partition coefficient (Wildman–Crippen LogP) is 2.06. The third-order valence-corrected chi connectivity index (χ3v) is 3.83. The Balaban J connectivity index is 2.85. The summed E-state index contributed by atoms with van der Waals surface area (Å²) in [6, 6.07) is 6.94. The molecule has 0 bridgehead atoms. The molecule has 3 N–H and O–H groups in total. The molecule has 0 aliphatic rings. The summed E-state index contributed by atoms with van der Waals surface area (Å²) in [5.41, 5.74) is 7.55. The molecule has 0 spiro atoms. The lowest BCUT2D eigenvalue weighted by Crippen LogP contribution is -2.48. The number of carboxylic acids is 1. The zero-order valence-electron chi connectivity index (χ0n) is 11.6. The smallest absolute Gasteiger partial charge is 0.320 e. The fourth-order valence-electron chi connectivity index (χ4n) is 2.08. The largest absolute Gasteiger partial charge is 0.480 e. The first-order valence-corrected chi connectivity index (χ1v) is 7.54. The maximum atomic E-state index is 10.7. The molecule has 0 amide bonds. The molecule has 0 saturated heterocycles. The van der Waals surface area contributed by atoms with Crippen LogP contribution in [0.25, 0.3) is 0 Å². The molecule has 6 heteroatoms. The first-order chi connectivity index (χ1) is 9.42. The number of carbonyl (C=O) groups is 1. The third-order valence-electron chi connectivity index (χ3n) is 3.49. The highest BCUT2D eigenvalue weighted by Crippen LogP contribution is 2.22. The molecule has 1 atom stereocenters. The average Bonchev–Trinajstić information content (AvgIpc) is 2.39. The van der Waals surface area contributed by atoms with Crippen LogP contribution >= 0.6 is 23.2 Å². The highest BCUT2D eigenvalue weighted by atomic mass is 35.5. The summed E-state index contributed by atoms with van der Waals surface area (Å²) in [5, 5.41) is 8.81. The monoisotopic (exact) mass is 319 g/mol. The van der Waals surface area contributed by atoms with Crippen LogP contribution < -0.4 is 10.2 Å². The van der Waals surface area contributed by atoms with Gasteiger partial charge in [-0.3, -0.25) is 9.28 Å². The number of hydrogen-bond acceptors (Lipinski definition) is 2. The van der Waals surface area contributed by atoms with Gasteiger partial charge in [0.1, 0.15) is 11.7 Å². The van der Waals surface area contributed by atoms with Crippen molar-refractivity contribution in [3.05, 3.63) is 29.8 Å². The SMILES string of the molecule is C[N+](CCCl)(CCCl)c1ccc(CC(N)C(=O)O)cc1. The lowest BCUT2D eigenvalue weighted by molar-refractivity contribution is -0.138. The molecular formula is C14H21Cl2N2O2+. The van der Waals surface area contributed by atoms with Crippen LogP contribution in [0.3, 0.4) is 0 Å². The third kappa shape index (κ3) is 4.63. The van der Waals surface area contributed by atoms with Gasteiger partial charge in [-0.05, 0) is 24.1 Å². The van der Waals surface area contributed by atoms with Gasteiger partial charge < -0.3 is 10.8 Å². The molecule has 1 unspecified atom stereocenters. The minimum absolute atomic E-state index is 0.324. The molecule has 0 fully saturated rings. The van der Waals surface area contributed by atoms with Gasteiger partial charge in [0.05, 0.1) is 31.9 Å². The molecule has 0 radical (unpaired) electrons. The molecule has 0 saturated carbocycles. The zero-order valence-corrected chi connectivity index (χ0v) is 13.1. The second kappa shape index (κ2) is 7.84. The Labute approximate surface area is 129 Å². The Morgan fingerprint density at radius 3 is 2.15 bits per heavy atom. The van der Waals surface area contributed by atoms with E-state index < -0.39 is 12.0 Å². The van der Waals surface area contributed by atoms with Crippen molar-refractivity contribution < 1.29 is 9.90 Å². The average molecular weight is 320 g/mol. The van der Waals surface area contributed by atoms with Gasteiger partial charge in [-0.1, -0.05) is 12.1 Å². The van der Waals surface area contributed by atoms with Crippen LogP contribution in [0, 0.1) is 0 Å². The van der Waals surface area contributed by atoms with Crippen LogP contribution in [0.1, 0.15) is 5.56 Å². The van der Waals surface area contributed by atoms with Crippen LogP contribution in [0.2, 0.25) is 0 Å². The van der Waals surface area contributed by atoms with E-state index >= 15 is 0 Å². The Hall–Kier alpha value is -0.810. The molecule has 1 rings (SSSR count). The van der Waals surface area contributed by atoms with Crippen LogP contribution in [-0.2, 0) is 11.2 Å². The zero-order chi connectivity index (χ0) is 15.2. The first kappa shape index (κ1) is 17.2. The second-order valence-electron chi connectivity index (χ2n) is 5.04. The van der Waals surface area contributed by atoms with Gasteiger partial charge in [-0.25, -0.2) is 0 Å². The number of alkyl halides is 2. The van der Waals surface area contributed by atoms with Gasteiger partial charge in [0.2, 0.25) is 0 Å². The van der Waals surface area contributed by atoms with Crippen molar-refractivity contribution in [2.24, 2.45) is 5.73 Å². The van der Waals surface area contributed by atoms with Crippen molar-refractivity contribution in [3.8, 4) is 0 Å². The quantitative estimate of drug-likeness (QED) is 0.569. The standard InChI is InChI=1S/C14H20Cl2N2O2/c1-18(8-6-15,9-7-16)12-4-2-11(3-5-12)10-13(17)14(19)20/h2-5,13H,6-10,17H2,1H3/p+1. The van der Waals surface area contributed by atoms with Gasteiger partial charge in [-0.15, -0.1) is 23.2 Å². The molecule has 112 valence electrons. The molecule has 0 aliphatic heterocycles. The van der Waals surface area contributed by atoms with Crippen molar-refractivity contribution in [1.29, 1.82) is 0 Å². The Morgan fingerprint density at radius 2 is 1.75 bits per heavy atom. The van der Waals surface area contributed by atoms with E-state index in [-0.39, 0.29) is 0 Å². The molecule has 1 aromatic rings. The van der Waals surface area contributed by atoms with Crippen molar-refractivity contribution in [3.63, 3.8) is 0 Å². The van der Waals surface area contributed by atoms with E-state index in [2.05, 4.69) is 7.05 Å². The summed E-state index contributed by atoms with van der Waals surface area (Å²) in [6.45, 7) is 1.59. The maximum Gasteiger partial charge on any atom is 0.320 e. The number of carboxylic acid groups (broad SMARTS) is 1. The fraction of sp³-hybridized carbons (Fsp3) is 0.500. The number of halogens is 2. The van der Waals surface area contributed by atoms with Crippen molar-refractivity contribution in [2.45, 2.75) is 12.5 Å². The van der Waals surface area contributed by atoms with Crippen molar-refractivity contribution in [2.75, 3.05) is 31.9 Å². The Bertz CT molecular complexity index is 431. The van der Waals surface area contributed by atoms with Crippen LogP contribution in [-0.4, -0.2) is 49.0 Å². The highest BCUT2D eigenvalue weighted by molar-refractivity contribution is 6.18. The predicted molar refractivity (Wildman–Crippen MR) is 84.6 cm³/mol. The molecule has 0 aliphatic carbocycles. The van der Waals surface area contributed by atoms with Crippen LogP contribution in [0.5, 0.6) is 0 Å². The van der Waals surface area contributed by atoms with Crippen molar-refractivity contribution in [1.82, 2.24) is 4.48 Å². The summed E-state index contributed by atoms with van der Waals surface area (Å²) >= 11 is 11.7. The number of aliphatic carboxylic acids is 1. The summed E-state index contributed by atoms with van der Waals surface area (Å²) in [6.07, 6.45) is 0.324. The Kier molecular flexibility index (Phi) is 6.76. The van der Waals surface area contributed by atoms with Gasteiger partial charge in [0, 0.05) is 0 Å². The van der Waals surface area contributed by atoms with E-state index in [0.29, 0.717) is 22.7 Å². The summed E-state index contributed by atoms with van der Waals surface area (Å²) in [4.78, 5) is 10.7. The number of nitrogens with zero attached hydrogens (tertiary/aromatic N) is 1. The number of quaternary nitrogens is 1. The first-order valence-electron chi connectivity index (χ1n) is 6.47. The van der Waals surface area contributed by atoms with Gasteiger partial charge in [0.15, 0.2) is 0 Å². The number of hydrogen-bond donors (Lipinski definition) is 2. The van der Waals surface area contributed by atoms with Gasteiger partial charge >= 0.3 is 5.97 Å². The van der Waals surface area contributed by atoms with Crippen molar-refractivity contribution >= 4 is 34.9 Å². The van der Waals surface area contributed by atoms with Gasteiger partial charge in [-0.2, -0.15) is 0 Å². The minimum Gasteiger partial charge on any atom is -0.480 e. The minimum atomic E-state index is -0.987. The lowest BCUT2D eigenvalue weighted by atomic mass is 10.1. The molecule has 20 heavy (non-hydrogen) atoms.